The highest BCUT2D eigenvalue weighted by atomic mass is 16.5. The standard InChI is InChI=1S/C21H16N6O/c1-23-19-25-20(24-16-11-9-14(13-22)10-12-16)27-21(26-19)28-18-8-4-6-15-5-2-3-7-17(15)18/h2-12H,1H3,(H2,23,24,25,26,27). The molecule has 0 saturated carbocycles. The summed E-state index contributed by atoms with van der Waals surface area (Å²) >= 11 is 0. The van der Waals surface area contributed by atoms with E-state index in [1.165, 1.54) is 0 Å². The molecule has 0 fully saturated rings. The van der Waals surface area contributed by atoms with Gasteiger partial charge in [0.1, 0.15) is 5.75 Å². The first-order valence-corrected chi connectivity index (χ1v) is 8.62. The fourth-order valence-electron chi connectivity index (χ4n) is 2.71. The largest absolute Gasteiger partial charge is 0.423 e. The molecular weight excluding hydrogens is 352 g/mol. The van der Waals surface area contributed by atoms with Crippen molar-refractivity contribution in [1.29, 1.82) is 5.26 Å². The number of fused-ring (bicyclic) bond motifs is 1. The molecule has 0 atom stereocenters. The summed E-state index contributed by atoms with van der Waals surface area (Å²) in [6.45, 7) is 0. The Kier molecular flexibility index (Phi) is 4.68. The van der Waals surface area contributed by atoms with Crippen LogP contribution in [0.1, 0.15) is 5.56 Å². The van der Waals surface area contributed by atoms with Gasteiger partial charge < -0.3 is 15.4 Å². The summed E-state index contributed by atoms with van der Waals surface area (Å²) in [5.74, 6) is 1.37. The summed E-state index contributed by atoms with van der Waals surface area (Å²) in [4.78, 5) is 12.9. The molecule has 0 aliphatic carbocycles. The zero-order chi connectivity index (χ0) is 19.3. The van der Waals surface area contributed by atoms with Gasteiger partial charge in [-0.05, 0) is 35.7 Å². The number of nitrogens with one attached hydrogen (secondary N) is 2. The highest BCUT2D eigenvalue weighted by Gasteiger charge is 2.10. The Balaban J connectivity index is 1.65. The topological polar surface area (TPSA) is 95.8 Å². The fraction of sp³-hybridized carbons (Fsp3) is 0.0476. The van der Waals surface area contributed by atoms with Gasteiger partial charge in [-0.1, -0.05) is 36.4 Å². The van der Waals surface area contributed by atoms with Crippen molar-refractivity contribution in [3.8, 4) is 17.8 Å². The van der Waals surface area contributed by atoms with E-state index in [1.807, 2.05) is 42.5 Å². The van der Waals surface area contributed by atoms with Gasteiger partial charge in [0.25, 0.3) is 0 Å². The van der Waals surface area contributed by atoms with E-state index in [1.54, 1.807) is 31.3 Å². The van der Waals surface area contributed by atoms with Gasteiger partial charge in [0.05, 0.1) is 11.6 Å². The van der Waals surface area contributed by atoms with Crippen molar-refractivity contribution in [3.63, 3.8) is 0 Å². The number of aromatic nitrogens is 3. The number of hydrogen-bond acceptors (Lipinski definition) is 7. The van der Waals surface area contributed by atoms with Crippen LogP contribution in [0, 0.1) is 11.3 Å². The van der Waals surface area contributed by atoms with Gasteiger partial charge in [-0.3, -0.25) is 0 Å². The van der Waals surface area contributed by atoms with Gasteiger partial charge in [-0.15, -0.1) is 0 Å². The Bertz CT molecular complexity index is 1160. The lowest BCUT2D eigenvalue weighted by Gasteiger charge is -2.10. The number of nitriles is 1. The van der Waals surface area contributed by atoms with Crippen molar-refractivity contribution in [3.05, 3.63) is 72.3 Å². The molecule has 0 bridgehead atoms. The average molecular weight is 368 g/mol. The molecule has 28 heavy (non-hydrogen) atoms. The number of benzene rings is 3. The third-order valence-corrected chi connectivity index (χ3v) is 4.06. The number of nitrogens with zero attached hydrogens (tertiary/aromatic N) is 4. The summed E-state index contributed by atoms with van der Waals surface area (Å²) in [5.41, 5.74) is 1.33. The van der Waals surface area contributed by atoms with Gasteiger partial charge in [0, 0.05) is 18.1 Å². The maximum atomic E-state index is 8.91. The van der Waals surface area contributed by atoms with Crippen molar-refractivity contribution in [2.75, 3.05) is 17.7 Å². The lowest BCUT2D eigenvalue weighted by atomic mass is 10.1. The molecule has 7 nitrogen and oxygen atoms in total. The van der Waals surface area contributed by atoms with Crippen molar-refractivity contribution in [2.24, 2.45) is 0 Å². The zero-order valence-corrected chi connectivity index (χ0v) is 15.0. The minimum atomic E-state index is 0.173. The Morgan fingerprint density at radius 2 is 1.61 bits per heavy atom. The molecule has 0 saturated heterocycles. The third kappa shape index (κ3) is 3.66. The van der Waals surface area contributed by atoms with E-state index >= 15 is 0 Å². The summed E-state index contributed by atoms with van der Waals surface area (Å²) in [6, 6.07) is 23.0. The first-order valence-electron chi connectivity index (χ1n) is 8.62. The molecule has 4 aromatic rings. The molecule has 3 aromatic carbocycles. The Labute approximate surface area is 161 Å². The molecule has 0 unspecified atom stereocenters. The molecule has 0 aliphatic rings. The lowest BCUT2D eigenvalue weighted by molar-refractivity contribution is 0.446. The number of ether oxygens (including phenoxy) is 1. The molecular formula is C21H16N6O. The zero-order valence-electron chi connectivity index (χ0n) is 15.0. The molecule has 0 radical (unpaired) electrons. The second-order valence-electron chi connectivity index (χ2n) is 5.91. The van der Waals surface area contributed by atoms with Gasteiger partial charge in [0.15, 0.2) is 0 Å². The first-order chi connectivity index (χ1) is 13.7. The fourth-order valence-corrected chi connectivity index (χ4v) is 2.71. The van der Waals surface area contributed by atoms with Gasteiger partial charge >= 0.3 is 6.01 Å². The Hall–Kier alpha value is -4.18. The maximum Gasteiger partial charge on any atom is 0.328 e. The Morgan fingerprint density at radius 1 is 0.857 bits per heavy atom. The van der Waals surface area contributed by atoms with Crippen LogP contribution in [0.3, 0.4) is 0 Å². The second kappa shape index (κ2) is 7.60. The van der Waals surface area contributed by atoms with Crippen LogP contribution in [-0.2, 0) is 0 Å². The average Bonchev–Trinajstić information content (AvgIpc) is 2.74. The lowest BCUT2D eigenvalue weighted by Crippen LogP contribution is -2.05. The monoisotopic (exact) mass is 368 g/mol. The molecule has 1 heterocycles. The van der Waals surface area contributed by atoms with E-state index < -0.39 is 0 Å². The Morgan fingerprint density at radius 3 is 2.39 bits per heavy atom. The number of hydrogen-bond donors (Lipinski definition) is 2. The van der Waals surface area contributed by atoms with Gasteiger partial charge in [-0.2, -0.15) is 20.2 Å². The normalized spacial score (nSPS) is 10.3. The van der Waals surface area contributed by atoms with Crippen LogP contribution >= 0.6 is 0 Å². The first kappa shape index (κ1) is 17.2. The van der Waals surface area contributed by atoms with Crippen molar-refractivity contribution in [1.82, 2.24) is 15.0 Å². The van der Waals surface area contributed by atoms with Crippen LogP contribution in [0.2, 0.25) is 0 Å². The van der Waals surface area contributed by atoms with Crippen LogP contribution < -0.4 is 15.4 Å². The highest BCUT2D eigenvalue weighted by molar-refractivity contribution is 5.88. The number of anilines is 3. The molecule has 2 N–H and O–H groups in total. The van der Waals surface area contributed by atoms with Crippen molar-refractivity contribution >= 4 is 28.4 Å². The molecule has 136 valence electrons. The summed E-state index contributed by atoms with van der Waals surface area (Å²) in [6.07, 6.45) is 0. The van der Waals surface area contributed by atoms with E-state index in [4.69, 9.17) is 10.00 Å². The van der Waals surface area contributed by atoms with Crippen LogP contribution in [0.15, 0.2) is 66.7 Å². The smallest absolute Gasteiger partial charge is 0.328 e. The van der Waals surface area contributed by atoms with Crippen LogP contribution in [0.4, 0.5) is 17.6 Å². The second-order valence-corrected chi connectivity index (χ2v) is 5.91. The quantitative estimate of drug-likeness (QED) is 0.536. The van der Waals surface area contributed by atoms with E-state index in [0.717, 1.165) is 16.5 Å². The molecule has 0 spiro atoms. The molecule has 0 amide bonds. The SMILES string of the molecule is CNc1nc(Nc2ccc(C#N)cc2)nc(Oc2cccc3ccccc23)n1. The molecule has 7 heteroatoms. The van der Waals surface area contributed by atoms with E-state index in [2.05, 4.69) is 31.7 Å². The van der Waals surface area contributed by atoms with E-state index in [-0.39, 0.29) is 6.01 Å². The van der Waals surface area contributed by atoms with Crippen molar-refractivity contribution in [2.45, 2.75) is 0 Å². The number of rotatable bonds is 5. The highest BCUT2D eigenvalue weighted by Crippen LogP contribution is 2.29. The molecule has 4 rings (SSSR count). The summed E-state index contributed by atoms with van der Waals surface area (Å²) < 4.78 is 5.96. The predicted octanol–water partition coefficient (Wildman–Crippen LogP) is 4.47. The summed E-state index contributed by atoms with van der Waals surface area (Å²) in [7, 11) is 1.72. The van der Waals surface area contributed by atoms with Gasteiger partial charge in [0.2, 0.25) is 11.9 Å². The maximum absolute atomic E-state index is 8.91. The van der Waals surface area contributed by atoms with E-state index in [0.29, 0.717) is 23.2 Å². The van der Waals surface area contributed by atoms with Crippen molar-refractivity contribution < 1.29 is 4.74 Å². The minimum absolute atomic E-state index is 0.173. The predicted molar refractivity (Wildman–Crippen MR) is 108 cm³/mol. The third-order valence-electron chi connectivity index (χ3n) is 4.06. The van der Waals surface area contributed by atoms with Crippen LogP contribution in [-0.4, -0.2) is 22.0 Å². The summed E-state index contributed by atoms with van der Waals surface area (Å²) in [5, 5.41) is 17.0. The van der Waals surface area contributed by atoms with E-state index in [9.17, 15) is 0 Å². The van der Waals surface area contributed by atoms with Gasteiger partial charge in [-0.25, -0.2) is 0 Å². The molecule has 0 aliphatic heterocycles. The van der Waals surface area contributed by atoms with Crippen LogP contribution in [0.25, 0.3) is 10.8 Å². The molecule has 1 aromatic heterocycles. The van der Waals surface area contributed by atoms with Crippen LogP contribution in [0.5, 0.6) is 11.8 Å². The minimum Gasteiger partial charge on any atom is -0.423 e.